The summed E-state index contributed by atoms with van der Waals surface area (Å²) < 4.78 is 0. The number of nitrogens with zero attached hydrogens (tertiary/aromatic N) is 1. The van der Waals surface area contributed by atoms with Crippen LogP contribution in [0.2, 0.25) is 0 Å². The highest BCUT2D eigenvalue weighted by molar-refractivity contribution is 5.15. The van der Waals surface area contributed by atoms with Crippen molar-refractivity contribution >= 4 is 0 Å². The van der Waals surface area contributed by atoms with Crippen molar-refractivity contribution in [1.29, 1.82) is 0 Å². The van der Waals surface area contributed by atoms with E-state index in [-0.39, 0.29) is 12.0 Å². The molecule has 2 rings (SSSR count). The van der Waals surface area contributed by atoms with E-state index in [0.29, 0.717) is 11.5 Å². The SMILES string of the molecule is C[C@@H](CCO)NCC1(C(C)(C)C)CCN(Cc2ccccc2)C1. The highest BCUT2D eigenvalue weighted by atomic mass is 16.3. The smallest absolute Gasteiger partial charge is 0.0445 e. The van der Waals surface area contributed by atoms with Crippen molar-refractivity contribution < 1.29 is 5.11 Å². The van der Waals surface area contributed by atoms with E-state index in [4.69, 9.17) is 5.11 Å². The summed E-state index contributed by atoms with van der Waals surface area (Å²) in [6.45, 7) is 13.9. The Labute approximate surface area is 142 Å². The maximum Gasteiger partial charge on any atom is 0.0445 e. The van der Waals surface area contributed by atoms with Crippen molar-refractivity contribution in [3.63, 3.8) is 0 Å². The van der Waals surface area contributed by atoms with Gasteiger partial charge in [0.05, 0.1) is 0 Å². The lowest BCUT2D eigenvalue weighted by Crippen LogP contribution is -2.48. The molecule has 1 aliphatic heterocycles. The van der Waals surface area contributed by atoms with Crippen LogP contribution in [0.1, 0.15) is 46.1 Å². The number of likely N-dealkylation sites (tertiary alicyclic amines) is 1. The normalized spacial score (nSPS) is 24.0. The van der Waals surface area contributed by atoms with Crippen molar-refractivity contribution in [3.05, 3.63) is 35.9 Å². The Kier molecular flexibility index (Phi) is 6.24. The van der Waals surface area contributed by atoms with Crippen LogP contribution in [0.4, 0.5) is 0 Å². The largest absolute Gasteiger partial charge is 0.396 e. The van der Waals surface area contributed by atoms with Crippen LogP contribution in [0.3, 0.4) is 0 Å². The van der Waals surface area contributed by atoms with Gasteiger partial charge >= 0.3 is 0 Å². The van der Waals surface area contributed by atoms with Gasteiger partial charge in [-0.3, -0.25) is 4.90 Å². The van der Waals surface area contributed by atoms with Crippen LogP contribution in [-0.4, -0.2) is 42.3 Å². The van der Waals surface area contributed by atoms with Crippen molar-refractivity contribution in [3.8, 4) is 0 Å². The summed E-state index contributed by atoms with van der Waals surface area (Å²) in [4.78, 5) is 2.60. The summed E-state index contributed by atoms with van der Waals surface area (Å²) in [5.41, 5.74) is 1.97. The zero-order valence-corrected chi connectivity index (χ0v) is 15.3. The third kappa shape index (κ3) is 4.79. The number of nitrogens with one attached hydrogen (secondary N) is 1. The first-order valence-corrected chi connectivity index (χ1v) is 8.97. The summed E-state index contributed by atoms with van der Waals surface area (Å²) >= 11 is 0. The second kappa shape index (κ2) is 7.78. The van der Waals surface area contributed by atoms with Crippen LogP contribution in [0.5, 0.6) is 0 Å². The molecule has 0 saturated carbocycles. The number of hydrogen-bond donors (Lipinski definition) is 2. The molecule has 0 spiro atoms. The Bertz CT molecular complexity index is 468. The van der Waals surface area contributed by atoms with E-state index in [1.165, 1.54) is 18.5 Å². The van der Waals surface area contributed by atoms with Crippen molar-refractivity contribution in [2.24, 2.45) is 10.8 Å². The first-order chi connectivity index (χ1) is 10.9. The summed E-state index contributed by atoms with van der Waals surface area (Å²) in [6.07, 6.45) is 2.07. The molecule has 2 atom stereocenters. The van der Waals surface area contributed by atoms with Gasteiger partial charge in [0.15, 0.2) is 0 Å². The van der Waals surface area contributed by atoms with Crippen LogP contribution in [0.25, 0.3) is 0 Å². The van der Waals surface area contributed by atoms with Crippen LogP contribution < -0.4 is 5.32 Å². The second-order valence-electron chi connectivity index (χ2n) is 8.27. The van der Waals surface area contributed by atoms with Crippen LogP contribution in [0.15, 0.2) is 30.3 Å². The molecule has 0 aliphatic carbocycles. The fraction of sp³-hybridized carbons (Fsp3) is 0.700. The summed E-state index contributed by atoms with van der Waals surface area (Å²) in [5, 5.41) is 12.8. The summed E-state index contributed by atoms with van der Waals surface area (Å²) in [7, 11) is 0. The van der Waals surface area contributed by atoms with Gasteiger partial charge in [0.1, 0.15) is 0 Å². The molecule has 3 nitrogen and oxygen atoms in total. The highest BCUT2D eigenvalue weighted by Gasteiger charge is 2.46. The maximum absolute atomic E-state index is 9.11. The molecule has 3 heteroatoms. The second-order valence-corrected chi connectivity index (χ2v) is 8.27. The van der Waals surface area contributed by atoms with E-state index in [0.717, 1.165) is 26.1 Å². The molecule has 1 aliphatic rings. The molecule has 0 bridgehead atoms. The quantitative estimate of drug-likeness (QED) is 0.810. The van der Waals surface area contributed by atoms with E-state index < -0.39 is 0 Å². The number of hydrogen-bond acceptors (Lipinski definition) is 3. The third-order valence-electron chi connectivity index (χ3n) is 5.62. The molecule has 130 valence electrons. The fourth-order valence-electron chi connectivity index (χ4n) is 3.62. The Morgan fingerprint density at radius 3 is 2.57 bits per heavy atom. The lowest BCUT2D eigenvalue weighted by Gasteiger charge is -2.43. The molecule has 1 saturated heterocycles. The van der Waals surface area contributed by atoms with Gasteiger partial charge in [0.25, 0.3) is 0 Å². The van der Waals surface area contributed by atoms with Crippen molar-refractivity contribution in [1.82, 2.24) is 10.2 Å². The lowest BCUT2D eigenvalue weighted by atomic mass is 9.65. The molecule has 0 amide bonds. The molecule has 1 heterocycles. The molecular weight excluding hydrogens is 284 g/mol. The topological polar surface area (TPSA) is 35.5 Å². The minimum atomic E-state index is 0.261. The van der Waals surface area contributed by atoms with Gasteiger partial charge in [-0.2, -0.15) is 0 Å². The lowest BCUT2D eigenvalue weighted by molar-refractivity contribution is 0.0855. The summed E-state index contributed by atoms with van der Waals surface area (Å²) in [6, 6.07) is 11.2. The van der Waals surface area contributed by atoms with Crippen LogP contribution in [0, 0.1) is 10.8 Å². The Morgan fingerprint density at radius 2 is 1.96 bits per heavy atom. The van der Waals surface area contributed by atoms with E-state index in [2.05, 4.69) is 68.2 Å². The van der Waals surface area contributed by atoms with Gasteiger partial charge < -0.3 is 10.4 Å². The molecular formula is C20H34N2O. The van der Waals surface area contributed by atoms with E-state index >= 15 is 0 Å². The van der Waals surface area contributed by atoms with Crippen LogP contribution in [-0.2, 0) is 6.54 Å². The number of rotatable bonds is 7. The van der Waals surface area contributed by atoms with Gasteiger partial charge in [-0.05, 0) is 37.3 Å². The van der Waals surface area contributed by atoms with Crippen molar-refractivity contribution in [2.45, 2.75) is 53.1 Å². The Morgan fingerprint density at radius 1 is 1.26 bits per heavy atom. The molecule has 1 fully saturated rings. The molecule has 0 aromatic heterocycles. The predicted octanol–water partition coefficient (Wildman–Crippen LogP) is 3.29. The minimum Gasteiger partial charge on any atom is -0.396 e. The predicted molar refractivity (Wildman–Crippen MR) is 97.4 cm³/mol. The van der Waals surface area contributed by atoms with E-state index in [1.54, 1.807) is 0 Å². The maximum atomic E-state index is 9.11. The molecule has 0 radical (unpaired) electrons. The van der Waals surface area contributed by atoms with Gasteiger partial charge in [-0.1, -0.05) is 51.1 Å². The van der Waals surface area contributed by atoms with Gasteiger partial charge in [0.2, 0.25) is 0 Å². The molecule has 1 unspecified atom stereocenters. The van der Waals surface area contributed by atoms with Gasteiger partial charge in [-0.15, -0.1) is 0 Å². The summed E-state index contributed by atoms with van der Waals surface area (Å²) in [5.74, 6) is 0. The van der Waals surface area contributed by atoms with Gasteiger partial charge in [-0.25, -0.2) is 0 Å². The van der Waals surface area contributed by atoms with E-state index in [9.17, 15) is 0 Å². The zero-order chi connectivity index (χ0) is 16.9. The third-order valence-corrected chi connectivity index (χ3v) is 5.62. The van der Waals surface area contributed by atoms with Crippen molar-refractivity contribution in [2.75, 3.05) is 26.2 Å². The average Bonchev–Trinajstić information content (AvgIpc) is 2.91. The van der Waals surface area contributed by atoms with Gasteiger partial charge in [0, 0.05) is 37.7 Å². The zero-order valence-electron chi connectivity index (χ0n) is 15.3. The first kappa shape index (κ1) is 18.4. The molecule has 23 heavy (non-hydrogen) atoms. The van der Waals surface area contributed by atoms with Crippen LogP contribution >= 0.6 is 0 Å². The highest BCUT2D eigenvalue weighted by Crippen LogP contribution is 2.46. The Balaban J connectivity index is 2.00. The number of benzene rings is 1. The number of aliphatic hydroxyl groups is 1. The average molecular weight is 319 g/mol. The minimum absolute atomic E-state index is 0.261. The molecule has 1 aromatic carbocycles. The van der Waals surface area contributed by atoms with E-state index in [1.807, 2.05) is 0 Å². The molecule has 1 aromatic rings. The monoisotopic (exact) mass is 318 g/mol. The fourth-order valence-corrected chi connectivity index (χ4v) is 3.62. The first-order valence-electron chi connectivity index (χ1n) is 8.97. The standard InChI is InChI=1S/C20H34N2O/c1-17(10-13-23)21-15-20(19(2,3)4)11-12-22(16-20)14-18-8-6-5-7-9-18/h5-9,17,21,23H,10-16H2,1-4H3/t17-,20?/m0/s1. The number of aliphatic hydroxyl groups excluding tert-OH is 1. The Hall–Kier alpha value is -0.900. The molecule has 2 N–H and O–H groups in total.